The van der Waals surface area contributed by atoms with Crippen LogP contribution in [0.2, 0.25) is 0 Å². The topological polar surface area (TPSA) is 57.6 Å². The van der Waals surface area contributed by atoms with Crippen molar-refractivity contribution in [3.05, 3.63) is 70.2 Å². The fourth-order valence-corrected chi connectivity index (χ4v) is 2.69. The number of nitrogens with zero attached hydrogens (tertiary/aromatic N) is 1. The van der Waals surface area contributed by atoms with Crippen molar-refractivity contribution in [3.63, 3.8) is 0 Å². The zero-order chi connectivity index (χ0) is 19.1. The Kier molecular flexibility index (Phi) is 6.92. The molecule has 0 radical (unpaired) electrons. The number of phenolic OH excluding ortho intramolecular Hbond substituents is 1. The Morgan fingerprint density at radius 1 is 1.00 bits per heavy atom. The molecule has 2 aromatic carbocycles. The van der Waals surface area contributed by atoms with Crippen LogP contribution in [0.4, 0.5) is 5.69 Å². The number of halogens is 1. The van der Waals surface area contributed by atoms with Gasteiger partial charge < -0.3 is 10.0 Å². The fourth-order valence-electron chi connectivity index (χ4n) is 2.31. The number of benzene rings is 2. The lowest BCUT2D eigenvalue weighted by molar-refractivity contribution is -0.121. The fraction of sp³-hybridized carbons (Fsp3) is 0.143. The first-order valence-corrected chi connectivity index (χ1v) is 8.82. The maximum absolute atomic E-state index is 12.0. The van der Waals surface area contributed by atoms with Gasteiger partial charge in [-0.1, -0.05) is 34.1 Å². The summed E-state index contributed by atoms with van der Waals surface area (Å²) >= 11 is 3.42. The molecule has 0 fully saturated rings. The number of ketones is 2. The highest BCUT2D eigenvalue weighted by molar-refractivity contribution is 9.10. The number of phenols is 1. The third-order valence-corrected chi connectivity index (χ3v) is 4.12. The molecule has 0 bridgehead atoms. The minimum atomic E-state index is -0.269. The molecule has 0 aliphatic rings. The van der Waals surface area contributed by atoms with Gasteiger partial charge in [0.25, 0.3) is 0 Å². The average Bonchev–Trinajstić information content (AvgIpc) is 2.59. The number of carbonyl (C=O) groups is 2. The van der Waals surface area contributed by atoms with Gasteiger partial charge in [0.05, 0.1) is 6.42 Å². The van der Waals surface area contributed by atoms with Crippen molar-refractivity contribution in [2.75, 3.05) is 19.0 Å². The van der Waals surface area contributed by atoms with Crippen LogP contribution in [-0.2, 0) is 9.59 Å². The van der Waals surface area contributed by atoms with Crippen LogP contribution in [0.15, 0.2) is 59.1 Å². The van der Waals surface area contributed by atoms with Gasteiger partial charge in [0, 0.05) is 24.3 Å². The maximum atomic E-state index is 12.0. The molecule has 4 nitrogen and oxygen atoms in total. The van der Waals surface area contributed by atoms with Crippen LogP contribution < -0.4 is 4.90 Å². The molecule has 2 aromatic rings. The number of anilines is 1. The Balaban J connectivity index is 2.00. The molecular formula is C21H20BrNO3. The Morgan fingerprint density at radius 3 is 2.23 bits per heavy atom. The van der Waals surface area contributed by atoms with Crippen LogP contribution in [-0.4, -0.2) is 30.8 Å². The normalized spacial score (nSPS) is 11.2. The first kappa shape index (κ1) is 19.7. The van der Waals surface area contributed by atoms with Crippen LogP contribution in [0, 0.1) is 0 Å². The summed E-state index contributed by atoms with van der Waals surface area (Å²) in [7, 11) is 3.86. The Bertz CT molecular complexity index is 852. The summed E-state index contributed by atoms with van der Waals surface area (Å²) in [5.41, 5.74) is 2.66. The molecule has 0 aliphatic heterocycles. The summed E-state index contributed by atoms with van der Waals surface area (Å²) < 4.78 is 0.920. The second kappa shape index (κ2) is 9.15. The highest BCUT2D eigenvalue weighted by Crippen LogP contribution is 2.24. The van der Waals surface area contributed by atoms with E-state index < -0.39 is 0 Å². The zero-order valence-corrected chi connectivity index (χ0v) is 16.2. The monoisotopic (exact) mass is 413 g/mol. The minimum Gasteiger partial charge on any atom is -0.508 e. The largest absolute Gasteiger partial charge is 0.508 e. The molecule has 2 rings (SSSR count). The highest BCUT2D eigenvalue weighted by Gasteiger charge is 2.06. The highest BCUT2D eigenvalue weighted by atomic mass is 79.9. The van der Waals surface area contributed by atoms with Gasteiger partial charge in [0.15, 0.2) is 11.6 Å². The van der Waals surface area contributed by atoms with Crippen molar-refractivity contribution < 1.29 is 14.7 Å². The van der Waals surface area contributed by atoms with Crippen LogP contribution in [0.1, 0.15) is 17.5 Å². The molecule has 5 heteroatoms. The molecule has 0 heterocycles. The number of hydrogen-bond acceptors (Lipinski definition) is 4. The smallest absolute Gasteiger partial charge is 0.163 e. The number of hydrogen-bond donors (Lipinski definition) is 1. The molecular weight excluding hydrogens is 394 g/mol. The number of allylic oxidation sites excluding steroid dienone is 2. The van der Waals surface area contributed by atoms with Gasteiger partial charge in [-0.15, -0.1) is 0 Å². The van der Waals surface area contributed by atoms with E-state index in [4.69, 9.17) is 0 Å². The summed E-state index contributed by atoms with van der Waals surface area (Å²) in [6.45, 7) is 0. The quantitative estimate of drug-likeness (QED) is 0.537. The Hall–Kier alpha value is -2.66. The lowest BCUT2D eigenvalue weighted by atomic mass is 10.1. The minimum absolute atomic E-state index is 0.165. The second-order valence-corrected chi connectivity index (χ2v) is 6.88. The van der Waals surface area contributed by atoms with Crippen LogP contribution in [0.25, 0.3) is 12.2 Å². The molecule has 0 saturated carbocycles. The van der Waals surface area contributed by atoms with Gasteiger partial charge >= 0.3 is 0 Å². The number of carbonyl (C=O) groups excluding carboxylic acids is 2. The Morgan fingerprint density at radius 2 is 1.62 bits per heavy atom. The maximum Gasteiger partial charge on any atom is 0.163 e. The Labute approximate surface area is 161 Å². The van der Waals surface area contributed by atoms with E-state index in [-0.39, 0.29) is 23.7 Å². The first-order valence-electron chi connectivity index (χ1n) is 8.03. The third kappa shape index (κ3) is 6.01. The van der Waals surface area contributed by atoms with Crippen molar-refractivity contribution >= 4 is 45.3 Å². The van der Waals surface area contributed by atoms with Crippen molar-refractivity contribution in [3.8, 4) is 5.75 Å². The summed E-state index contributed by atoms with van der Waals surface area (Å²) in [5.74, 6) is -0.358. The molecule has 0 saturated heterocycles. The van der Waals surface area contributed by atoms with Crippen molar-refractivity contribution in [2.45, 2.75) is 6.42 Å². The average molecular weight is 414 g/mol. The summed E-state index contributed by atoms with van der Waals surface area (Å²) in [5, 5.41) is 9.23. The van der Waals surface area contributed by atoms with Crippen molar-refractivity contribution in [1.29, 1.82) is 0 Å². The van der Waals surface area contributed by atoms with E-state index in [1.165, 1.54) is 12.2 Å². The van der Waals surface area contributed by atoms with E-state index in [0.717, 1.165) is 21.3 Å². The summed E-state index contributed by atoms with van der Waals surface area (Å²) in [4.78, 5) is 25.9. The first-order chi connectivity index (χ1) is 12.3. The SMILES string of the molecule is CN(C)c1ccc(Br)cc1/C=C/C(=O)CC(=O)/C=C/c1ccc(O)cc1. The molecule has 134 valence electrons. The molecule has 0 unspecified atom stereocenters. The molecule has 0 aromatic heterocycles. The molecule has 0 atom stereocenters. The number of rotatable bonds is 7. The van der Waals surface area contributed by atoms with E-state index in [9.17, 15) is 14.7 Å². The van der Waals surface area contributed by atoms with Gasteiger partial charge in [-0.05, 0) is 59.7 Å². The van der Waals surface area contributed by atoms with E-state index in [0.29, 0.717) is 0 Å². The van der Waals surface area contributed by atoms with Gasteiger partial charge in [-0.25, -0.2) is 0 Å². The summed E-state index contributed by atoms with van der Waals surface area (Å²) in [6, 6.07) is 12.3. The standard InChI is InChI=1S/C21H20BrNO3/c1-23(2)21-12-7-17(22)13-16(21)6-11-20(26)14-19(25)10-5-15-3-8-18(24)9-4-15/h3-13,24H,14H2,1-2H3/b10-5+,11-6+. The lowest BCUT2D eigenvalue weighted by Crippen LogP contribution is -2.10. The second-order valence-electron chi connectivity index (χ2n) is 5.97. The van der Waals surface area contributed by atoms with Crippen molar-refractivity contribution in [1.82, 2.24) is 0 Å². The van der Waals surface area contributed by atoms with Gasteiger partial charge in [0.1, 0.15) is 5.75 Å². The van der Waals surface area contributed by atoms with Gasteiger partial charge in [-0.3, -0.25) is 9.59 Å². The van der Waals surface area contributed by atoms with E-state index in [2.05, 4.69) is 15.9 Å². The van der Waals surface area contributed by atoms with E-state index in [1.807, 2.05) is 37.2 Å². The van der Waals surface area contributed by atoms with Crippen LogP contribution in [0.3, 0.4) is 0 Å². The van der Waals surface area contributed by atoms with E-state index >= 15 is 0 Å². The zero-order valence-electron chi connectivity index (χ0n) is 14.6. The number of aromatic hydroxyl groups is 1. The molecule has 26 heavy (non-hydrogen) atoms. The predicted molar refractivity (Wildman–Crippen MR) is 109 cm³/mol. The van der Waals surface area contributed by atoms with Gasteiger partial charge in [0.2, 0.25) is 0 Å². The van der Waals surface area contributed by atoms with Crippen LogP contribution >= 0.6 is 15.9 Å². The molecule has 0 aliphatic carbocycles. The van der Waals surface area contributed by atoms with Crippen molar-refractivity contribution in [2.24, 2.45) is 0 Å². The predicted octanol–water partition coefficient (Wildman–Crippen LogP) is 4.48. The molecule has 1 N–H and O–H groups in total. The van der Waals surface area contributed by atoms with Crippen LogP contribution in [0.5, 0.6) is 5.75 Å². The molecule has 0 amide bonds. The lowest BCUT2D eigenvalue weighted by Gasteiger charge is -2.15. The third-order valence-electron chi connectivity index (χ3n) is 3.62. The van der Waals surface area contributed by atoms with E-state index in [1.54, 1.807) is 36.4 Å². The van der Waals surface area contributed by atoms with Gasteiger partial charge in [-0.2, -0.15) is 0 Å². The summed E-state index contributed by atoms with van der Waals surface area (Å²) in [6.07, 6.45) is 5.97. The molecule has 0 spiro atoms.